The van der Waals surface area contributed by atoms with E-state index in [1.807, 2.05) is 37.4 Å². The first-order valence-corrected chi connectivity index (χ1v) is 7.73. The largest absolute Gasteiger partial charge is 0.368 e. The molecule has 6 heteroatoms. The normalized spacial score (nSPS) is 10.1. The maximum atomic E-state index is 10.8. The number of hydrogen-bond acceptors (Lipinski definition) is 6. The van der Waals surface area contributed by atoms with Gasteiger partial charge in [-0.15, -0.1) is 11.3 Å². The molecule has 0 aliphatic rings. The Hall–Kier alpha value is -2.31. The van der Waals surface area contributed by atoms with Gasteiger partial charge in [0.15, 0.2) is 6.29 Å². The zero-order valence-electron chi connectivity index (χ0n) is 12.5. The van der Waals surface area contributed by atoms with Gasteiger partial charge in [-0.05, 0) is 19.7 Å². The zero-order chi connectivity index (χ0) is 15.9. The second-order valence-corrected chi connectivity index (χ2v) is 5.55. The lowest BCUT2D eigenvalue weighted by Gasteiger charge is -2.03. The van der Waals surface area contributed by atoms with E-state index in [1.54, 1.807) is 6.07 Å². The molecule has 3 rings (SSSR count). The van der Waals surface area contributed by atoms with Crippen molar-refractivity contribution < 1.29 is 4.79 Å². The minimum atomic E-state index is 0.223. The lowest BCUT2D eigenvalue weighted by Crippen LogP contribution is -2.01. The molecular weight excluding hydrogens is 296 g/mol. The van der Waals surface area contributed by atoms with Gasteiger partial charge in [0.05, 0.1) is 10.6 Å². The molecule has 0 bridgehead atoms. The van der Waals surface area contributed by atoms with E-state index < -0.39 is 0 Å². The maximum absolute atomic E-state index is 10.8. The molecule has 0 fully saturated rings. The fourth-order valence-corrected chi connectivity index (χ4v) is 2.68. The van der Waals surface area contributed by atoms with Crippen LogP contribution < -0.4 is 11.1 Å². The number of thiophene rings is 1. The Bertz CT molecular complexity index is 753. The van der Waals surface area contributed by atoms with Crippen molar-refractivity contribution in [1.82, 2.24) is 15.3 Å². The second-order valence-electron chi connectivity index (χ2n) is 4.49. The highest BCUT2D eigenvalue weighted by Gasteiger charge is 2.11. The third-order valence-electron chi connectivity index (χ3n) is 2.95. The number of nitrogen functional groups attached to an aromatic ring is 1. The van der Waals surface area contributed by atoms with Crippen molar-refractivity contribution in [2.75, 3.05) is 19.3 Å². The van der Waals surface area contributed by atoms with Gasteiger partial charge < -0.3 is 11.1 Å². The number of fused-ring (bicyclic) bond motifs is 1. The number of aldehydes is 1. The molecule has 0 saturated heterocycles. The van der Waals surface area contributed by atoms with Crippen molar-refractivity contribution in [2.24, 2.45) is 0 Å². The fourth-order valence-electron chi connectivity index (χ4n) is 1.83. The van der Waals surface area contributed by atoms with E-state index in [2.05, 4.69) is 22.2 Å². The Morgan fingerprint density at radius 2 is 1.95 bits per heavy atom. The molecule has 114 valence electrons. The lowest BCUT2D eigenvalue weighted by atomic mass is 10.1. The molecule has 2 heterocycles. The molecule has 0 unspecified atom stereocenters. The van der Waals surface area contributed by atoms with Gasteiger partial charge in [-0.1, -0.05) is 37.3 Å². The molecule has 3 aromatic rings. The molecule has 3 N–H and O–H groups in total. The second kappa shape index (κ2) is 7.63. The summed E-state index contributed by atoms with van der Waals surface area (Å²) in [5, 5.41) is 3.79. The van der Waals surface area contributed by atoms with E-state index >= 15 is 0 Å². The number of benzene rings is 1. The number of carbonyl (C=O) groups is 1. The standard InChI is InChI=1S/C13H9N3OS.C3H9N/c14-13-15-11(8-4-2-1-3-5-8)10-6-9(7-17)18-12(10)16-13;1-3-4-2/h1-7H,(H2,14,15,16);4H,3H2,1-2H3. The van der Waals surface area contributed by atoms with Gasteiger partial charge in [-0.25, -0.2) is 9.97 Å². The minimum absolute atomic E-state index is 0.223. The molecule has 0 atom stereocenters. The molecule has 0 radical (unpaired) electrons. The summed E-state index contributed by atoms with van der Waals surface area (Å²) in [7, 11) is 1.93. The SMILES string of the molecule is CCNC.Nc1nc(-c2ccccc2)c2cc(C=O)sc2n1. The molecule has 1 aromatic carbocycles. The summed E-state index contributed by atoms with van der Waals surface area (Å²) < 4.78 is 0. The Morgan fingerprint density at radius 3 is 2.55 bits per heavy atom. The molecule has 0 amide bonds. The predicted octanol–water partition coefficient (Wildman–Crippen LogP) is 2.98. The van der Waals surface area contributed by atoms with Crippen LogP contribution >= 0.6 is 11.3 Å². The van der Waals surface area contributed by atoms with Gasteiger partial charge in [-0.2, -0.15) is 0 Å². The first-order chi connectivity index (χ1) is 10.7. The number of hydrogen-bond donors (Lipinski definition) is 2. The third-order valence-corrected chi connectivity index (χ3v) is 3.90. The number of nitrogens with one attached hydrogen (secondary N) is 1. The van der Waals surface area contributed by atoms with Gasteiger partial charge in [0.25, 0.3) is 0 Å². The predicted molar refractivity (Wildman–Crippen MR) is 92.3 cm³/mol. The van der Waals surface area contributed by atoms with Crippen LogP contribution in [-0.2, 0) is 0 Å². The summed E-state index contributed by atoms with van der Waals surface area (Å²) >= 11 is 1.32. The smallest absolute Gasteiger partial charge is 0.221 e. The lowest BCUT2D eigenvalue weighted by molar-refractivity contribution is 0.112. The average Bonchev–Trinajstić information content (AvgIpc) is 2.98. The summed E-state index contributed by atoms with van der Waals surface area (Å²) in [6, 6.07) is 11.5. The van der Waals surface area contributed by atoms with Crippen LogP contribution in [-0.4, -0.2) is 29.8 Å². The van der Waals surface area contributed by atoms with Crippen LogP contribution in [0, 0.1) is 0 Å². The summed E-state index contributed by atoms with van der Waals surface area (Å²) in [5.74, 6) is 0.223. The molecule has 2 aromatic heterocycles. The molecule has 0 saturated carbocycles. The number of nitrogens with zero attached hydrogens (tertiary/aromatic N) is 2. The summed E-state index contributed by atoms with van der Waals surface area (Å²) in [6.07, 6.45) is 0.817. The van der Waals surface area contributed by atoms with Crippen LogP contribution in [0.3, 0.4) is 0 Å². The van der Waals surface area contributed by atoms with Crippen LogP contribution in [0.2, 0.25) is 0 Å². The number of rotatable bonds is 3. The molecule has 5 nitrogen and oxygen atoms in total. The first kappa shape index (κ1) is 16.1. The number of aromatic nitrogens is 2. The van der Waals surface area contributed by atoms with Gasteiger partial charge >= 0.3 is 0 Å². The summed E-state index contributed by atoms with van der Waals surface area (Å²) in [6.45, 7) is 3.14. The maximum Gasteiger partial charge on any atom is 0.221 e. The van der Waals surface area contributed by atoms with Gasteiger partial charge in [0.1, 0.15) is 4.83 Å². The monoisotopic (exact) mass is 314 g/mol. The quantitative estimate of drug-likeness (QED) is 0.726. The van der Waals surface area contributed by atoms with Crippen LogP contribution in [0.15, 0.2) is 36.4 Å². The molecule has 0 spiro atoms. The van der Waals surface area contributed by atoms with E-state index in [0.29, 0.717) is 4.88 Å². The van der Waals surface area contributed by atoms with Crippen LogP contribution in [0.4, 0.5) is 5.95 Å². The van der Waals surface area contributed by atoms with E-state index in [4.69, 9.17) is 5.73 Å². The number of carbonyl (C=O) groups excluding carboxylic acids is 1. The van der Waals surface area contributed by atoms with Crippen LogP contribution in [0.1, 0.15) is 16.6 Å². The Kier molecular flexibility index (Phi) is 5.57. The molecule has 0 aliphatic carbocycles. The van der Waals surface area contributed by atoms with Gasteiger partial charge in [-0.3, -0.25) is 4.79 Å². The third kappa shape index (κ3) is 3.66. The van der Waals surface area contributed by atoms with Crippen molar-refractivity contribution in [2.45, 2.75) is 6.92 Å². The van der Waals surface area contributed by atoms with Crippen molar-refractivity contribution in [3.05, 3.63) is 41.3 Å². The van der Waals surface area contributed by atoms with Crippen LogP contribution in [0.5, 0.6) is 0 Å². The van der Waals surface area contributed by atoms with E-state index in [9.17, 15) is 4.79 Å². The Labute approximate surface area is 133 Å². The van der Waals surface area contributed by atoms with E-state index in [-0.39, 0.29) is 5.95 Å². The molecule has 22 heavy (non-hydrogen) atoms. The average molecular weight is 314 g/mol. The number of nitrogens with two attached hydrogens (primary N) is 1. The van der Waals surface area contributed by atoms with Crippen molar-refractivity contribution in [1.29, 1.82) is 0 Å². The van der Waals surface area contributed by atoms with E-state index in [0.717, 1.165) is 34.3 Å². The topological polar surface area (TPSA) is 80.9 Å². The van der Waals surface area contributed by atoms with Crippen molar-refractivity contribution >= 4 is 33.8 Å². The Morgan fingerprint density at radius 1 is 1.27 bits per heavy atom. The number of anilines is 1. The molecular formula is C16H18N4OS. The fraction of sp³-hybridized carbons (Fsp3) is 0.188. The highest BCUT2D eigenvalue weighted by molar-refractivity contribution is 7.20. The zero-order valence-corrected chi connectivity index (χ0v) is 13.4. The molecule has 0 aliphatic heterocycles. The van der Waals surface area contributed by atoms with Gasteiger partial charge in [0.2, 0.25) is 5.95 Å². The van der Waals surface area contributed by atoms with Crippen molar-refractivity contribution in [3.8, 4) is 11.3 Å². The van der Waals surface area contributed by atoms with Crippen LogP contribution in [0.25, 0.3) is 21.5 Å². The first-order valence-electron chi connectivity index (χ1n) is 6.91. The van der Waals surface area contributed by atoms with Gasteiger partial charge in [0, 0.05) is 10.9 Å². The highest BCUT2D eigenvalue weighted by atomic mass is 32.1. The highest BCUT2D eigenvalue weighted by Crippen LogP contribution is 2.31. The Balaban J connectivity index is 0.000000396. The summed E-state index contributed by atoms with van der Waals surface area (Å²) in [5.41, 5.74) is 7.44. The van der Waals surface area contributed by atoms with Crippen molar-refractivity contribution in [3.63, 3.8) is 0 Å². The van der Waals surface area contributed by atoms with E-state index in [1.165, 1.54) is 11.3 Å². The summed E-state index contributed by atoms with van der Waals surface area (Å²) in [4.78, 5) is 20.6. The minimum Gasteiger partial charge on any atom is -0.368 e.